The lowest BCUT2D eigenvalue weighted by atomic mass is 9.81. The van der Waals surface area contributed by atoms with Crippen molar-refractivity contribution in [1.82, 2.24) is 0 Å². The first kappa shape index (κ1) is 13.0. The minimum atomic E-state index is 0.186. The Hall–Kier alpha value is -0.0400. The van der Waals surface area contributed by atoms with Crippen molar-refractivity contribution in [1.29, 1.82) is 0 Å². The second-order valence-corrected chi connectivity index (χ2v) is 5.09. The third-order valence-corrected chi connectivity index (χ3v) is 4.31. The molecule has 1 saturated carbocycles. The summed E-state index contributed by atoms with van der Waals surface area (Å²) in [4.78, 5) is 0. The van der Waals surface area contributed by atoms with Crippen LogP contribution in [0, 0.1) is 5.92 Å². The molecule has 0 bridgehead atoms. The summed E-state index contributed by atoms with van der Waals surface area (Å²) >= 11 is 0. The van der Waals surface area contributed by atoms with Gasteiger partial charge in [-0.05, 0) is 44.9 Å². The van der Waals surface area contributed by atoms with E-state index in [-0.39, 0.29) is 5.60 Å². The first-order valence-electron chi connectivity index (χ1n) is 6.86. The highest BCUT2D eigenvalue weighted by Gasteiger charge is 2.38. The maximum absolute atomic E-state index is 6.37. The molecule has 0 spiro atoms. The Kier molecular flexibility index (Phi) is 5.11. The van der Waals surface area contributed by atoms with Crippen LogP contribution < -0.4 is 0 Å². The maximum atomic E-state index is 6.37. The van der Waals surface area contributed by atoms with E-state index in [2.05, 4.69) is 27.7 Å². The van der Waals surface area contributed by atoms with E-state index in [1.807, 2.05) is 0 Å². The standard InChI is InChI=1S/C14H28O/c1-5-12(4)15-14(6-2,7-3)13-10-8-9-11-13/h12-13H,5-11H2,1-4H3. The van der Waals surface area contributed by atoms with Crippen LogP contribution in [0.3, 0.4) is 0 Å². The molecule has 0 heterocycles. The van der Waals surface area contributed by atoms with Crippen LogP contribution in [0.1, 0.15) is 72.6 Å². The van der Waals surface area contributed by atoms with Gasteiger partial charge in [0.05, 0.1) is 11.7 Å². The molecule has 0 aromatic heterocycles. The molecular formula is C14H28O. The predicted octanol–water partition coefficient (Wildman–Crippen LogP) is 4.55. The van der Waals surface area contributed by atoms with Crippen LogP contribution in [-0.2, 0) is 4.74 Å². The van der Waals surface area contributed by atoms with E-state index < -0.39 is 0 Å². The van der Waals surface area contributed by atoms with Gasteiger partial charge in [0.25, 0.3) is 0 Å². The molecule has 0 N–H and O–H groups in total. The molecule has 0 radical (unpaired) electrons. The van der Waals surface area contributed by atoms with Crippen molar-refractivity contribution in [3.05, 3.63) is 0 Å². The quantitative estimate of drug-likeness (QED) is 0.627. The number of rotatable bonds is 6. The first-order chi connectivity index (χ1) is 7.18. The average Bonchev–Trinajstić information content (AvgIpc) is 2.79. The van der Waals surface area contributed by atoms with Gasteiger partial charge in [-0.1, -0.05) is 33.6 Å². The van der Waals surface area contributed by atoms with Crippen LogP contribution in [0.25, 0.3) is 0 Å². The molecule has 1 rings (SSSR count). The summed E-state index contributed by atoms with van der Waals surface area (Å²) in [5.41, 5.74) is 0.186. The van der Waals surface area contributed by atoms with E-state index in [9.17, 15) is 0 Å². The Morgan fingerprint density at radius 2 is 1.67 bits per heavy atom. The van der Waals surface area contributed by atoms with Gasteiger partial charge in [-0.15, -0.1) is 0 Å². The first-order valence-corrected chi connectivity index (χ1v) is 6.86. The molecule has 1 fully saturated rings. The fraction of sp³-hybridized carbons (Fsp3) is 1.00. The van der Waals surface area contributed by atoms with Crippen LogP contribution in [0.5, 0.6) is 0 Å². The molecule has 90 valence electrons. The Morgan fingerprint density at radius 1 is 1.13 bits per heavy atom. The zero-order valence-electron chi connectivity index (χ0n) is 11.0. The third-order valence-electron chi connectivity index (χ3n) is 4.31. The summed E-state index contributed by atoms with van der Waals surface area (Å²) in [6.07, 6.45) is 9.51. The lowest BCUT2D eigenvalue weighted by molar-refractivity contribution is -0.127. The highest BCUT2D eigenvalue weighted by atomic mass is 16.5. The van der Waals surface area contributed by atoms with E-state index in [0.29, 0.717) is 6.10 Å². The highest BCUT2D eigenvalue weighted by Crippen LogP contribution is 2.41. The highest BCUT2D eigenvalue weighted by molar-refractivity contribution is 4.89. The smallest absolute Gasteiger partial charge is 0.0708 e. The summed E-state index contributed by atoms with van der Waals surface area (Å²) in [6, 6.07) is 0. The number of hydrogen-bond donors (Lipinski definition) is 0. The summed E-state index contributed by atoms with van der Waals surface area (Å²) in [5.74, 6) is 0.821. The van der Waals surface area contributed by atoms with Crippen molar-refractivity contribution in [2.75, 3.05) is 0 Å². The summed E-state index contributed by atoms with van der Waals surface area (Å²) in [6.45, 7) is 9.03. The molecule has 0 amide bonds. The zero-order chi connectivity index (χ0) is 11.3. The van der Waals surface area contributed by atoms with Crippen molar-refractivity contribution in [3.8, 4) is 0 Å². The second kappa shape index (κ2) is 5.89. The van der Waals surface area contributed by atoms with Crippen LogP contribution in [0.2, 0.25) is 0 Å². The molecule has 1 heteroatoms. The van der Waals surface area contributed by atoms with Gasteiger partial charge in [-0.3, -0.25) is 0 Å². The Bertz CT molecular complexity index is 166. The van der Waals surface area contributed by atoms with Gasteiger partial charge in [0.2, 0.25) is 0 Å². The SMILES string of the molecule is CCC(C)OC(CC)(CC)C1CCCC1. The van der Waals surface area contributed by atoms with E-state index in [4.69, 9.17) is 4.74 Å². The van der Waals surface area contributed by atoms with Gasteiger partial charge in [-0.2, -0.15) is 0 Å². The van der Waals surface area contributed by atoms with Gasteiger partial charge >= 0.3 is 0 Å². The van der Waals surface area contributed by atoms with Crippen molar-refractivity contribution in [2.45, 2.75) is 84.3 Å². The number of ether oxygens (including phenoxy) is 1. The van der Waals surface area contributed by atoms with E-state index in [1.165, 1.54) is 38.5 Å². The van der Waals surface area contributed by atoms with E-state index >= 15 is 0 Å². The largest absolute Gasteiger partial charge is 0.372 e. The molecule has 15 heavy (non-hydrogen) atoms. The molecule has 1 aliphatic rings. The lowest BCUT2D eigenvalue weighted by Gasteiger charge is -2.40. The van der Waals surface area contributed by atoms with Gasteiger partial charge in [0.1, 0.15) is 0 Å². The average molecular weight is 212 g/mol. The molecule has 0 saturated heterocycles. The zero-order valence-corrected chi connectivity index (χ0v) is 11.0. The van der Waals surface area contributed by atoms with Gasteiger partial charge < -0.3 is 4.74 Å². The third kappa shape index (κ3) is 2.96. The van der Waals surface area contributed by atoms with Gasteiger partial charge in [-0.25, -0.2) is 0 Å². The van der Waals surface area contributed by atoms with E-state index in [0.717, 1.165) is 12.3 Å². The fourth-order valence-corrected chi connectivity index (χ4v) is 3.03. The van der Waals surface area contributed by atoms with Crippen molar-refractivity contribution >= 4 is 0 Å². The fourth-order valence-electron chi connectivity index (χ4n) is 3.03. The summed E-state index contributed by atoms with van der Waals surface area (Å²) < 4.78 is 6.37. The minimum absolute atomic E-state index is 0.186. The van der Waals surface area contributed by atoms with Crippen LogP contribution in [-0.4, -0.2) is 11.7 Å². The van der Waals surface area contributed by atoms with Gasteiger partial charge in [0, 0.05) is 0 Å². The molecule has 1 unspecified atom stereocenters. The molecule has 1 atom stereocenters. The topological polar surface area (TPSA) is 9.23 Å². The molecule has 0 aromatic rings. The molecule has 0 aliphatic heterocycles. The molecule has 0 aromatic carbocycles. The Morgan fingerprint density at radius 3 is 2.07 bits per heavy atom. The molecule has 1 aliphatic carbocycles. The van der Waals surface area contributed by atoms with Crippen LogP contribution in [0.15, 0.2) is 0 Å². The lowest BCUT2D eigenvalue weighted by Crippen LogP contribution is -2.41. The Labute approximate surface area is 95.6 Å². The van der Waals surface area contributed by atoms with Crippen LogP contribution in [0.4, 0.5) is 0 Å². The predicted molar refractivity (Wildman–Crippen MR) is 66.1 cm³/mol. The van der Waals surface area contributed by atoms with Crippen LogP contribution >= 0.6 is 0 Å². The van der Waals surface area contributed by atoms with E-state index in [1.54, 1.807) is 0 Å². The van der Waals surface area contributed by atoms with Gasteiger partial charge in [0.15, 0.2) is 0 Å². The number of hydrogen-bond acceptors (Lipinski definition) is 1. The summed E-state index contributed by atoms with van der Waals surface area (Å²) in [5, 5.41) is 0. The monoisotopic (exact) mass is 212 g/mol. The Balaban J connectivity index is 2.66. The van der Waals surface area contributed by atoms with Crippen molar-refractivity contribution in [3.63, 3.8) is 0 Å². The maximum Gasteiger partial charge on any atom is 0.0708 e. The minimum Gasteiger partial charge on any atom is -0.372 e. The summed E-state index contributed by atoms with van der Waals surface area (Å²) in [7, 11) is 0. The second-order valence-electron chi connectivity index (χ2n) is 5.09. The van der Waals surface area contributed by atoms with Crippen molar-refractivity contribution in [2.24, 2.45) is 5.92 Å². The van der Waals surface area contributed by atoms with Crippen molar-refractivity contribution < 1.29 is 4.74 Å². The molecular weight excluding hydrogens is 184 g/mol. The molecule has 1 nitrogen and oxygen atoms in total. The normalized spacial score (nSPS) is 20.8.